The molecule has 0 amide bonds. The number of nitrogens with one attached hydrogen (secondary N) is 2. The Morgan fingerprint density at radius 3 is 2.88 bits per heavy atom. The van der Waals surface area contributed by atoms with Gasteiger partial charge in [-0.05, 0) is 43.0 Å². The van der Waals surface area contributed by atoms with Crippen LogP contribution in [0.15, 0.2) is 48.5 Å². The molecule has 0 saturated carbocycles. The van der Waals surface area contributed by atoms with E-state index in [4.69, 9.17) is 10.5 Å². The van der Waals surface area contributed by atoms with Crippen molar-refractivity contribution < 1.29 is 9.53 Å². The van der Waals surface area contributed by atoms with Crippen molar-refractivity contribution in [2.75, 3.05) is 17.6 Å². The minimum Gasteiger partial charge on any atom is -0.453 e. The first kappa shape index (κ1) is 15.2. The van der Waals surface area contributed by atoms with E-state index in [1.54, 1.807) is 6.07 Å². The first-order chi connectivity index (χ1) is 12.7. The molecule has 0 spiro atoms. The lowest BCUT2D eigenvalue weighted by Gasteiger charge is -2.24. The van der Waals surface area contributed by atoms with E-state index >= 15 is 0 Å². The molecule has 0 aliphatic carbocycles. The van der Waals surface area contributed by atoms with Crippen LogP contribution in [0.3, 0.4) is 0 Å². The summed E-state index contributed by atoms with van der Waals surface area (Å²) >= 11 is 0. The maximum atomic E-state index is 13.1. The number of nitrogens with two attached hydrogens (primary N) is 1. The summed E-state index contributed by atoms with van der Waals surface area (Å²) in [5.41, 5.74) is 8.93. The highest BCUT2D eigenvalue weighted by atomic mass is 16.5. The maximum Gasteiger partial charge on any atom is 0.180 e. The highest BCUT2D eigenvalue weighted by Crippen LogP contribution is 2.46. The molecule has 5 heteroatoms. The van der Waals surface area contributed by atoms with Gasteiger partial charge in [-0.1, -0.05) is 24.3 Å². The topological polar surface area (TPSA) is 76.4 Å². The summed E-state index contributed by atoms with van der Waals surface area (Å²) in [6, 6.07) is 15.2. The molecule has 2 heterocycles. The Labute approximate surface area is 151 Å². The molecule has 0 aromatic heterocycles. The van der Waals surface area contributed by atoms with E-state index in [0.717, 1.165) is 47.1 Å². The minimum atomic E-state index is -0.104. The second-order valence-corrected chi connectivity index (χ2v) is 6.84. The minimum absolute atomic E-state index is 0.104. The molecule has 1 saturated heterocycles. The Bertz CT molecular complexity index is 1040. The monoisotopic (exact) mass is 345 g/mol. The van der Waals surface area contributed by atoms with Gasteiger partial charge in [-0.15, -0.1) is 0 Å². The molecular formula is C21H19N3O2. The molecule has 3 aromatic carbocycles. The van der Waals surface area contributed by atoms with Crippen molar-refractivity contribution >= 4 is 33.6 Å². The molecule has 1 atom stereocenters. The molecule has 2 aliphatic heterocycles. The molecule has 0 bridgehead atoms. The Balaban J connectivity index is 1.68. The Morgan fingerprint density at radius 2 is 2.04 bits per heavy atom. The first-order valence-electron chi connectivity index (χ1n) is 8.88. The number of ketones is 1. The SMILES string of the molecule is Nc1ccc2c(c1)Oc1ccc3cccc(C(=O)[C@@H]4CCCN4)c3c1N2. The van der Waals surface area contributed by atoms with Gasteiger partial charge in [0.2, 0.25) is 0 Å². The number of carbonyl (C=O) groups excluding carboxylic acids is 1. The van der Waals surface area contributed by atoms with Gasteiger partial charge < -0.3 is 21.1 Å². The fourth-order valence-electron chi connectivity index (χ4n) is 3.85. The standard InChI is InChI=1S/C21H19N3O2/c22-13-7-8-15-18(11-13)26-17-9-6-12-3-1-4-14(19(12)20(17)24-15)21(25)16-5-2-10-23-16/h1,3-4,6-9,11,16,23-24H,2,5,10,22H2/t16-/m0/s1. The summed E-state index contributed by atoms with van der Waals surface area (Å²) in [4.78, 5) is 13.1. The highest BCUT2D eigenvalue weighted by Gasteiger charge is 2.27. The van der Waals surface area contributed by atoms with E-state index in [1.165, 1.54) is 0 Å². The molecule has 1 fully saturated rings. The van der Waals surface area contributed by atoms with Crippen molar-refractivity contribution in [2.45, 2.75) is 18.9 Å². The van der Waals surface area contributed by atoms with Crippen molar-refractivity contribution in [2.24, 2.45) is 0 Å². The molecule has 5 nitrogen and oxygen atoms in total. The number of Topliss-reactive ketones (excluding diaryl/α,β-unsaturated/α-hetero) is 1. The molecule has 2 aliphatic rings. The van der Waals surface area contributed by atoms with Gasteiger partial charge in [-0.25, -0.2) is 0 Å². The predicted molar refractivity (Wildman–Crippen MR) is 104 cm³/mol. The van der Waals surface area contributed by atoms with Gasteiger partial charge >= 0.3 is 0 Å². The lowest BCUT2D eigenvalue weighted by molar-refractivity contribution is 0.0954. The zero-order valence-electron chi connectivity index (χ0n) is 14.2. The zero-order chi connectivity index (χ0) is 17.7. The van der Waals surface area contributed by atoms with Crippen LogP contribution in [0.1, 0.15) is 23.2 Å². The molecule has 3 aromatic rings. The summed E-state index contributed by atoms with van der Waals surface area (Å²) in [5.74, 6) is 1.54. The van der Waals surface area contributed by atoms with Crippen LogP contribution in [0.5, 0.6) is 11.5 Å². The lowest BCUT2D eigenvalue weighted by Crippen LogP contribution is -2.30. The predicted octanol–water partition coefficient (Wildman–Crippen LogP) is 4.21. The average Bonchev–Trinajstić information content (AvgIpc) is 3.20. The van der Waals surface area contributed by atoms with E-state index < -0.39 is 0 Å². The average molecular weight is 345 g/mol. The Morgan fingerprint density at radius 1 is 1.12 bits per heavy atom. The quantitative estimate of drug-likeness (QED) is 0.375. The Kier molecular flexibility index (Phi) is 3.36. The lowest BCUT2D eigenvalue weighted by atomic mass is 9.95. The van der Waals surface area contributed by atoms with Gasteiger partial charge in [0, 0.05) is 22.7 Å². The van der Waals surface area contributed by atoms with E-state index in [2.05, 4.69) is 10.6 Å². The number of anilines is 3. The number of rotatable bonds is 2. The van der Waals surface area contributed by atoms with Gasteiger partial charge in [0.05, 0.1) is 17.4 Å². The van der Waals surface area contributed by atoms with E-state index in [-0.39, 0.29) is 11.8 Å². The largest absolute Gasteiger partial charge is 0.453 e. The second kappa shape index (κ2) is 5.75. The third kappa shape index (κ3) is 2.32. The zero-order valence-corrected chi connectivity index (χ0v) is 14.2. The maximum absolute atomic E-state index is 13.1. The molecular weight excluding hydrogens is 326 g/mol. The van der Waals surface area contributed by atoms with Crippen molar-refractivity contribution in [3.63, 3.8) is 0 Å². The number of hydrogen-bond donors (Lipinski definition) is 3. The number of carbonyl (C=O) groups is 1. The number of ether oxygens (including phenoxy) is 1. The van der Waals surface area contributed by atoms with Crippen LogP contribution in [0.4, 0.5) is 17.1 Å². The number of fused-ring (bicyclic) bond motifs is 4. The van der Waals surface area contributed by atoms with Crippen LogP contribution in [0.2, 0.25) is 0 Å². The fourth-order valence-corrected chi connectivity index (χ4v) is 3.85. The molecule has 4 N–H and O–H groups in total. The van der Waals surface area contributed by atoms with Crippen LogP contribution in [-0.2, 0) is 0 Å². The van der Waals surface area contributed by atoms with Gasteiger partial charge in [0.15, 0.2) is 17.3 Å². The second-order valence-electron chi connectivity index (χ2n) is 6.84. The van der Waals surface area contributed by atoms with E-state index in [0.29, 0.717) is 17.2 Å². The van der Waals surface area contributed by atoms with Crippen molar-refractivity contribution in [3.05, 3.63) is 54.1 Å². The first-order valence-corrected chi connectivity index (χ1v) is 8.88. The summed E-state index contributed by atoms with van der Waals surface area (Å²) in [5, 5.41) is 8.67. The van der Waals surface area contributed by atoms with Gasteiger partial charge in [0.25, 0.3) is 0 Å². The highest BCUT2D eigenvalue weighted by molar-refractivity contribution is 6.16. The molecule has 26 heavy (non-hydrogen) atoms. The smallest absolute Gasteiger partial charge is 0.180 e. The molecule has 0 unspecified atom stereocenters. The summed E-state index contributed by atoms with van der Waals surface area (Å²) < 4.78 is 6.06. The third-order valence-electron chi connectivity index (χ3n) is 5.13. The summed E-state index contributed by atoms with van der Waals surface area (Å²) in [6.07, 6.45) is 1.92. The summed E-state index contributed by atoms with van der Waals surface area (Å²) in [7, 11) is 0. The third-order valence-corrected chi connectivity index (χ3v) is 5.13. The van der Waals surface area contributed by atoms with Crippen LogP contribution in [0, 0.1) is 0 Å². The fraction of sp³-hybridized carbons (Fsp3) is 0.190. The molecule has 5 rings (SSSR count). The van der Waals surface area contributed by atoms with Crippen LogP contribution < -0.4 is 21.1 Å². The number of benzene rings is 3. The van der Waals surface area contributed by atoms with Gasteiger partial charge in [-0.3, -0.25) is 4.79 Å². The van der Waals surface area contributed by atoms with Crippen LogP contribution in [0.25, 0.3) is 10.8 Å². The molecule has 130 valence electrons. The van der Waals surface area contributed by atoms with Gasteiger partial charge in [-0.2, -0.15) is 0 Å². The van der Waals surface area contributed by atoms with Crippen LogP contribution >= 0.6 is 0 Å². The number of nitrogen functional groups attached to an aromatic ring is 1. The van der Waals surface area contributed by atoms with E-state index in [9.17, 15) is 4.79 Å². The van der Waals surface area contributed by atoms with Crippen molar-refractivity contribution in [1.82, 2.24) is 5.32 Å². The van der Waals surface area contributed by atoms with E-state index in [1.807, 2.05) is 42.5 Å². The van der Waals surface area contributed by atoms with Crippen molar-refractivity contribution in [1.29, 1.82) is 0 Å². The van der Waals surface area contributed by atoms with Gasteiger partial charge in [0.1, 0.15) is 0 Å². The normalized spacial score (nSPS) is 17.9. The van der Waals surface area contributed by atoms with Crippen molar-refractivity contribution in [3.8, 4) is 11.5 Å². The summed E-state index contributed by atoms with van der Waals surface area (Å²) in [6.45, 7) is 0.898. The Hall–Kier alpha value is -3.05. The molecule has 0 radical (unpaired) electrons. The number of hydrogen-bond acceptors (Lipinski definition) is 5. The van der Waals surface area contributed by atoms with Crippen LogP contribution in [-0.4, -0.2) is 18.4 Å².